The first-order valence-electron chi connectivity index (χ1n) is 10.0. The molecule has 1 atom stereocenters. The van der Waals surface area contributed by atoms with E-state index in [9.17, 15) is 0 Å². The summed E-state index contributed by atoms with van der Waals surface area (Å²) >= 11 is 0. The van der Waals surface area contributed by atoms with Gasteiger partial charge in [0.25, 0.3) is 0 Å². The number of hydrogen-bond acceptors (Lipinski definition) is 4. The Balaban J connectivity index is 1.76. The van der Waals surface area contributed by atoms with E-state index < -0.39 is 0 Å². The molecule has 2 aromatic rings. The van der Waals surface area contributed by atoms with Crippen molar-refractivity contribution >= 4 is 17.0 Å². The molecule has 0 fully saturated rings. The Morgan fingerprint density at radius 1 is 1.22 bits per heavy atom. The van der Waals surface area contributed by atoms with E-state index >= 15 is 0 Å². The topological polar surface area (TPSA) is 44.2 Å². The van der Waals surface area contributed by atoms with Gasteiger partial charge in [-0.05, 0) is 56.9 Å². The zero-order valence-electron chi connectivity index (χ0n) is 16.7. The predicted octanol–water partition coefficient (Wildman–Crippen LogP) is 5.97. The zero-order valence-corrected chi connectivity index (χ0v) is 16.7. The number of hydrogen-bond donors (Lipinski definition) is 0. The molecular formula is C23H32N2O2. The molecule has 2 rings (SSSR count). The smallest absolute Gasteiger partial charge is 0.152 e. The molecule has 0 amide bonds. The van der Waals surface area contributed by atoms with E-state index in [2.05, 4.69) is 36.5 Å². The summed E-state index contributed by atoms with van der Waals surface area (Å²) in [5, 5.41) is 0.975. The van der Waals surface area contributed by atoms with Crippen LogP contribution in [0.15, 0.2) is 43.1 Å². The first-order chi connectivity index (χ1) is 13.2. The molecule has 0 radical (unpaired) electrons. The molecule has 1 aromatic carbocycles. The Kier molecular flexibility index (Phi) is 9.56. The van der Waals surface area contributed by atoms with Crippen LogP contribution in [0.1, 0.15) is 58.2 Å². The van der Waals surface area contributed by atoms with E-state index in [1.54, 1.807) is 6.08 Å². The Morgan fingerprint density at radius 2 is 2.11 bits per heavy atom. The highest BCUT2D eigenvalue weighted by atomic mass is 16.5. The second-order valence-corrected chi connectivity index (χ2v) is 6.77. The average molecular weight is 369 g/mol. The molecule has 27 heavy (non-hydrogen) atoms. The third-order valence-corrected chi connectivity index (χ3v) is 4.34. The van der Waals surface area contributed by atoms with Gasteiger partial charge in [0.05, 0.1) is 11.6 Å². The summed E-state index contributed by atoms with van der Waals surface area (Å²) in [5.41, 5.74) is 0.921. The molecule has 0 aliphatic heterocycles. The number of rotatable bonds is 13. The summed E-state index contributed by atoms with van der Waals surface area (Å²) in [4.78, 5) is 9.01. The molecule has 1 heterocycles. The average Bonchev–Trinajstić information content (AvgIpc) is 2.69. The lowest BCUT2D eigenvalue weighted by Gasteiger charge is -2.11. The number of fused-ring (bicyclic) bond motifs is 1. The minimum Gasteiger partial charge on any atom is -0.490 e. The van der Waals surface area contributed by atoms with Gasteiger partial charge in [0, 0.05) is 18.2 Å². The molecule has 1 unspecified atom stereocenters. The summed E-state index contributed by atoms with van der Waals surface area (Å²) in [7, 11) is 0. The van der Waals surface area contributed by atoms with Crippen molar-refractivity contribution in [3.63, 3.8) is 0 Å². The number of aromatic nitrogens is 2. The Morgan fingerprint density at radius 3 is 2.93 bits per heavy atom. The number of benzene rings is 1. The molecule has 146 valence electrons. The van der Waals surface area contributed by atoms with Crippen molar-refractivity contribution in [2.75, 3.05) is 13.2 Å². The van der Waals surface area contributed by atoms with Crippen LogP contribution in [0.25, 0.3) is 17.0 Å². The largest absolute Gasteiger partial charge is 0.490 e. The standard InChI is InChI=1S/C23H32N2O2/c1-4-6-10-16-26-19(3)11-8-7-9-12-23-24-18-20-17-21(27-15-5-2)13-14-22(20)25-23/h5,9,12-14,17-19H,2,4,6-8,10-11,15-16H2,1,3H3/b12-9+. The minimum atomic E-state index is 0.338. The maximum absolute atomic E-state index is 5.83. The second-order valence-electron chi connectivity index (χ2n) is 6.77. The Labute approximate surface area is 163 Å². The number of allylic oxidation sites excluding steroid dienone is 1. The lowest BCUT2D eigenvalue weighted by Crippen LogP contribution is -2.08. The second kappa shape index (κ2) is 12.2. The zero-order chi connectivity index (χ0) is 19.3. The quantitative estimate of drug-likeness (QED) is 0.322. The molecule has 4 nitrogen and oxygen atoms in total. The summed E-state index contributed by atoms with van der Waals surface area (Å²) in [6.07, 6.45) is 14.9. The monoisotopic (exact) mass is 368 g/mol. The van der Waals surface area contributed by atoms with Crippen molar-refractivity contribution < 1.29 is 9.47 Å². The van der Waals surface area contributed by atoms with E-state index in [0.717, 1.165) is 48.3 Å². The highest BCUT2D eigenvalue weighted by Gasteiger charge is 2.02. The molecule has 0 N–H and O–H groups in total. The molecule has 0 bridgehead atoms. The normalized spacial score (nSPS) is 12.5. The van der Waals surface area contributed by atoms with Crippen LogP contribution in [0.4, 0.5) is 0 Å². The minimum absolute atomic E-state index is 0.338. The van der Waals surface area contributed by atoms with Crippen molar-refractivity contribution in [2.45, 2.75) is 58.5 Å². The van der Waals surface area contributed by atoms with Gasteiger partial charge in [-0.15, -0.1) is 0 Å². The maximum atomic E-state index is 5.83. The van der Waals surface area contributed by atoms with Crippen molar-refractivity contribution in [2.24, 2.45) is 0 Å². The van der Waals surface area contributed by atoms with Gasteiger partial charge < -0.3 is 9.47 Å². The molecule has 1 aromatic heterocycles. The first kappa shape index (κ1) is 21.1. The fraction of sp³-hybridized carbons (Fsp3) is 0.478. The first-order valence-corrected chi connectivity index (χ1v) is 10.0. The van der Waals surface area contributed by atoms with Gasteiger partial charge in [-0.1, -0.05) is 38.5 Å². The summed E-state index contributed by atoms with van der Waals surface area (Å²) < 4.78 is 11.4. The van der Waals surface area contributed by atoms with E-state index in [0.29, 0.717) is 12.7 Å². The molecule has 0 saturated heterocycles. The summed E-state index contributed by atoms with van der Waals surface area (Å²) in [6.45, 7) is 9.41. The fourth-order valence-corrected chi connectivity index (χ4v) is 2.78. The van der Waals surface area contributed by atoms with Crippen molar-refractivity contribution in [1.82, 2.24) is 9.97 Å². The summed E-state index contributed by atoms with van der Waals surface area (Å²) in [6, 6.07) is 5.84. The summed E-state index contributed by atoms with van der Waals surface area (Å²) in [5.74, 6) is 1.55. The van der Waals surface area contributed by atoms with Crippen LogP contribution in [0, 0.1) is 0 Å². The molecule has 0 saturated carbocycles. The third-order valence-electron chi connectivity index (χ3n) is 4.34. The van der Waals surface area contributed by atoms with Crippen LogP contribution in [0.2, 0.25) is 0 Å². The van der Waals surface area contributed by atoms with E-state index in [1.165, 1.54) is 19.3 Å². The van der Waals surface area contributed by atoms with Crippen LogP contribution in [0.3, 0.4) is 0 Å². The molecule has 0 spiro atoms. The highest BCUT2D eigenvalue weighted by molar-refractivity contribution is 5.79. The molecule has 0 aliphatic rings. The van der Waals surface area contributed by atoms with Crippen LogP contribution in [-0.4, -0.2) is 29.3 Å². The fourth-order valence-electron chi connectivity index (χ4n) is 2.78. The van der Waals surface area contributed by atoms with E-state index in [4.69, 9.17) is 9.47 Å². The highest BCUT2D eigenvalue weighted by Crippen LogP contribution is 2.19. The van der Waals surface area contributed by atoms with Gasteiger partial charge in [-0.2, -0.15) is 0 Å². The van der Waals surface area contributed by atoms with Gasteiger partial charge in [0.2, 0.25) is 0 Å². The third kappa shape index (κ3) is 7.92. The van der Waals surface area contributed by atoms with Crippen molar-refractivity contribution in [3.05, 3.63) is 49.0 Å². The van der Waals surface area contributed by atoms with Gasteiger partial charge >= 0.3 is 0 Å². The Bertz CT molecular complexity index is 727. The van der Waals surface area contributed by atoms with Gasteiger partial charge in [0.15, 0.2) is 5.82 Å². The predicted molar refractivity (Wildman–Crippen MR) is 113 cm³/mol. The number of ether oxygens (including phenoxy) is 2. The molecular weight excluding hydrogens is 336 g/mol. The number of unbranched alkanes of at least 4 members (excludes halogenated alkanes) is 3. The van der Waals surface area contributed by atoms with Gasteiger partial charge in [-0.25, -0.2) is 9.97 Å². The van der Waals surface area contributed by atoms with Gasteiger partial charge in [-0.3, -0.25) is 0 Å². The maximum Gasteiger partial charge on any atom is 0.152 e. The Hall–Kier alpha value is -2.20. The van der Waals surface area contributed by atoms with Gasteiger partial charge in [0.1, 0.15) is 12.4 Å². The lowest BCUT2D eigenvalue weighted by atomic mass is 10.1. The lowest BCUT2D eigenvalue weighted by molar-refractivity contribution is 0.0566. The number of nitrogens with zero attached hydrogens (tertiary/aromatic N) is 2. The van der Waals surface area contributed by atoms with E-state index in [-0.39, 0.29) is 0 Å². The van der Waals surface area contributed by atoms with Crippen LogP contribution in [-0.2, 0) is 4.74 Å². The van der Waals surface area contributed by atoms with Crippen molar-refractivity contribution in [3.8, 4) is 5.75 Å². The van der Waals surface area contributed by atoms with Crippen molar-refractivity contribution in [1.29, 1.82) is 0 Å². The molecule has 4 heteroatoms. The van der Waals surface area contributed by atoms with Crippen LogP contribution in [0.5, 0.6) is 5.75 Å². The van der Waals surface area contributed by atoms with Crippen LogP contribution < -0.4 is 4.74 Å². The SMILES string of the molecule is C=CCOc1ccc2nc(/C=C/CCCC(C)OCCCCC)ncc2c1. The molecule has 0 aliphatic carbocycles. The van der Waals surface area contributed by atoms with E-state index in [1.807, 2.05) is 30.5 Å². The van der Waals surface area contributed by atoms with Crippen LogP contribution >= 0.6 is 0 Å².